The zero-order valence-corrected chi connectivity index (χ0v) is 10.7. The lowest BCUT2D eigenvalue weighted by atomic mass is 9.85. The Hall–Kier alpha value is -1.05. The molecular weight excluding hydrogens is 215 g/mol. The highest BCUT2D eigenvalue weighted by molar-refractivity contribution is 5.32. The molecule has 94 valence electrons. The molecule has 2 rings (SSSR count). The van der Waals surface area contributed by atoms with Crippen LogP contribution in [0.2, 0.25) is 0 Å². The van der Waals surface area contributed by atoms with E-state index in [2.05, 4.69) is 6.92 Å². The van der Waals surface area contributed by atoms with Gasteiger partial charge in [0.15, 0.2) is 0 Å². The van der Waals surface area contributed by atoms with Crippen LogP contribution in [0.15, 0.2) is 18.2 Å². The molecular formula is C15H21FO. The van der Waals surface area contributed by atoms with Crippen LogP contribution in [0.1, 0.15) is 44.6 Å². The Bertz CT molecular complexity index is 375. The number of benzene rings is 1. The van der Waals surface area contributed by atoms with E-state index in [0.29, 0.717) is 5.75 Å². The van der Waals surface area contributed by atoms with Gasteiger partial charge in [0.2, 0.25) is 0 Å². The van der Waals surface area contributed by atoms with Crippen molar-refractivity contribution < 1.29 is 9.13 Å². The Morgan fingerprint density at radius 2 is 2.18 bits per heavy atom. The molecule has 0 aromatic heterocycles. The summed E-state index contributed by atoms with van der Waals surface area (Å²) in [5.41, 5.74) is 1.02. The van der Waals surface area contributed by atoms with Crippen molar-refractivity contribution in [2.24, 2.45) is 5.92 Å². The summed E-state index contributed by atoms with van der Waals surface area (Å²) in [5, 5.41) is 0. The molecule has 0 bridgehead atoms. The fourth-order valence-electron chi connectivity index (χ4n) is 2.60. The molecule has 1 aliphatic rings. The number of rotatable bonds is 3. The molecule has 0 N–H and O–H groups in total. The first-order valence-corrected chi connectivity index (χ1v) is 6.62. The second kappa shape index (κ2) is 5.52. The van der Waals surface area contributed by atoms with E-state index in [1.807, 2.05) is 6.92 Å². The molecule has 0 aliphatic heterocycles. The minimum atomic E-state index is -0.214. The normalized spacial score (nSPS) is 24.6. The van der Waals surface area contributed by atoms with Crippen LogP contribution in [0.3, 0.4) is 0 Å². The zero-order valence-electron chi connectivity index (χ0n) is 10.7. The Morgan fingerprint density at radius 3 is 2.94 bits per heavy atom. The van der Waals surface area contributed by atoms with Crippen LogP contribution < -0.4 is 4.74 Å². The summed E-state index contributed by atoms with van der Waals surface area (Å²) in [6, 6.07) is 4.77. The third-order valence-corrected chi connectivity index (χ3v) is 3.76. The van der Waals surface area contributed by atoms with E-state index in [4.69, 9.17) is 4.74 Å². The SMILES string of the molecule is CCC1CCCC(Oc2cc(F)ccc2C)C1. The van der Waals surface area contributed by atoms with Gasteiger partial charge >= 0.3 is 0 Å². The van der Waals surface area contributed by atoms with Gasteiger partial charge in [0.1, 0.15) is 11.6 Å². The minimum Gasteiger partial charge on any atom is -0.490 e. The fourth-order valence-corrected chi connectivity index (χ4v) is 2.60. The standard InChI is InChI=1S/C15H21FO/c1-3-12-5-4-6-14(9-12)17-15-10-13(16)8-7-11(15)2/h7-8,10,12,14H,3-6,9H2,1-2H3. The van der Waals surface area contributed by atoms with Gasteiger partial charge in [-0.25, -0.2) is 4.39 Å². The monoisotopic (exact) mass is 236 g/mol. The molecule has 2 heteroatoms. The Balaban J connectivity index is 2.02. The molecule has 0 spiro atoms. The first kappa shape index (κ1) is 12.4. The highest BCUT2D eigenvalue weighted by Gasteiger charge is 2.22. The molecule has 2 unspecified atom stereocenters. The maximum absolute atomic E-state index is 13.2. The highest BCUT2D eigenvalue weighted by atomic mass is 19.1. The maximum atomic E-state index is 13.2. The number of halogens is 1. The van der Waals surface area contributed by atoms with Gasteiger partial charge in [-0.1, -0.05) is 25.8 Å². The lowest BCUT2D eigenvalue weighted by molar-refractivity contribution is 0.121. The lowest BCUT2D eigenvalue weighted by Gasteiger charge is -2.29. The van der Waals surface area contributed by atoms with Crippen LogP contribution in [0.5, 0.6) is 5.75 Å². The summed E-state index contributed by atoms with van der Waals surface area (Å²) in [5.74, 6) is 1.28. The van der Waals surface area contributed by atoms with Crippen molar-refractivity contribution in [1.82, 2.24) is 0 Å². The molecule has 0 saturated heterocycles. The molecule has 0 amide bonds. The van der Waals surface area contributed by atoms with Crippen LogP contribution >= 0.6 is 0 Å². The second-order valence-electron chi connectivity index (χ2n) is 5.09. The molecule has 1 aromatic carbocycles. The molecule has 0 heterocycles. The van der Waals surface area contributed by atoms with Crippen LogP contribution in [-0.4, -0.2) is 6.10 Å². The summed E-state index contributed by atoms with van der Waals surface area (Å²) < 4.78 is 19.1. The fraction of sp³-hybridized carbons (Fsp3) is 0.600. The summed E-state index contributed by atoms with van der Waals surface area (Å²) in [7, 11) is 0. The van der Waals surface area contributed by atoms with Crippen molar-refractivity contribution in [3.63, 3.8) is 0 Å². The van der Waals surface area contributed by atoms with Crippen LogP contribution in [0, 0.1) is 18.7 Å². The molecule has 1 aliphatic carbocycles. The van der Waals surface area contributed by atoms with Gasteiger partial charge in [-0.15, -0.1) is 0 Å². The van der Waals surface area contributed by atoms with Gasteiger partial charge in [0, 0.05) is 6.07 Å². The molecule has 1 fully saturated rings. The van der Waals surface area contributed by atoms with E-state index in [1.54, 1.807) is 6.07 Å². The van der Waals surface area contributed by atoms with Crippen molar-refractivity contribution in [2.75, 3.05) is 0 Å². The first-order valence-electron chi connectivity index (χ1n) is 6.62. The van der Waals surface area contributed by atoms with E-state index >= 15 is 0 Å². The molecule has 2 atom stereocenters. The van der Waals surface area contributed by atoms with Gasteiger partial charge in [-0.3, -0.25) is 0 Å². The minimum absolute atomic E-state index is 0.214. The van der Waals surface area contributed by atoms with E-state index in [1.165, 1.54) is 31.4 Å². The quantitative estimate of drug-likeness (QED) is 0.751. The van der Waals surface area contributed by atoms with Crippen molar-refractivity contribution in [1.29, 1.82) is 0 Å². The van der Waals surface area contributed by atoms with E-state index in [-0.39, 0.29) is 11.9 Å². The Kier molecular flexibility index (Phi) is 4.03. The third-order valence-electron chi connectivity index (χ3n) is 3.76. The average Bonchev–Trinajstić information content (AvgIpc) is 2.34. The molecule has 1 saturated carbocycles. The van der Waals surface area contributed by atoms with E-state index < -0.39 is 0 Å². The number of aryl methyl sites for hydroxylation is 1. The topological polar surface area (TPSA) is 9.23 Å². The predicted octanol–water partition coefficient (Wildman–Crippen LogP) is 4.48. The summed E-state index contributed by atoms with van der Waals surface area (Å²) in [6.07, 6.45) is 6.27. The van der Waals surface area contributed by atoms with Gasteiger partial charge in [-0.05, 0) is 43.7 Å². The number of ether oxygens (including phenoxy) is 1. The Labute approximate surface area is 103 Å². The average molecular weight is 236 g/mol. The van der Waals surface area contributed by atoms with Crippen LogP contribution in [0.4, 0.5) is 4.39 Å². The van der Waals surface area contributed by atoms with E-state index in [9.17, 15) is 4.39 Å². The van der Waals surface area contributed by atoms with E-state index in [0.717, 1.165) is 24.3 Å². The van der Waals surface area contributed by atoms with Crippen molar-refractivity contribution in [3.05, 3.63) is 29.6 Å². The highest BCUT2D eigenvalue weighted by Crippen LogP contribution is 2.30. The third kappa shape index (κ3) is 3.21. The van der Waals surface area contributed by atoms with Gasteiger partial charge in [0.05, 0.1) is 6.10 Å². The zero-order chi connectivity index (χ0) is 12.3. The first-order chi connectivity index (χ1) is 8.19. The van der Waals surface area contributed by atoms with Crippen LogP contribution in [0.25, 0.3) is 0 Å². The maximum Gasteiger partial charge on any atom is 0.126 e. The van der Waals surface area contributed by atoms with Gasteiger partial charge < -0.3 is 4.74 Å². The summed E-state index contributed by atoms with van der Waals surface area (Å²) in [4.78, 5) is 0. The van der Waals surface area contributed by atoms with Crippen molar-refractivity contribution in [3.8, 4) is 5.75 Å². The smallest absolute Gasteiger partial charge is 0.126 e. The summed E-state index contributed by atoms with van der Waals surface area (Å²) in [6.45, 7) is 4.20. The predicted molar refractivity (Wildman–Crippen MR) is 67.8 cm³/mol. The molecule has 17 heavy (non-hydrogen) atoms. The van der Waals surface area contributed by atoms with Gasteiger partial charge in [-0.2, -0.15) is 0 Å². The number of hydrogen-bond donors (Lipinski definition) is 0. The second-order valence-corrected chi connectivity index (χ2v) is 5.09. The lowest BCUT2D eigenvalue weighted by Crippen LogP contribution is -2.25. The Morgan fingerprint density at radius 1 is 1.35 bits per heavy atom. The molecule has 1 aromatic rings. The summed E-state index contributed by atoms with van der Waals surface area (Å²) >= 11 is 0. The largest absolute Gasteiger partial charge is 0.490 e. The van der Waals surface area contributed by atoms with Crippen LogP contribution in [-0.2, 0) is 0 Å². The van der Waals surface area contributed by atoms with Crippen molar-refractivity contribution in [2.45, 2.75) is 52.1 Å². The molecule has 1 nitrogen and oxygen atoms in total. The van der Waals surface area contributed by atoms with Crippen molar-refractivity contribution >= 4 is 0 Å². The molecule has 0 radical (unpaired) electrons. The van der Waals surface area contributed by atoms with Gasteiger partial charge in [0.25, 0.3) is 0 Å². The number of hydrogen-bond acceptors (Lipinski definition) is 1.